The maximum Gasteiger partial charge on any atom is 0.238 e. The van der Waals surface area contributed by atoms with Gasteiger partial charge in [0.05, 0.1) is 17.5 Å². The molecular formula is C31H27NO5. The number of carbonyl (C=O) groups excluding carboxylic acids is 4. The summed E-state index contributed by atoms with van der Waals surface area (Å²) < 4.78 is 0. The minimum absolute atomic E-state index is 0.103. The molecule has 1 heterocycles. The van der Waals surface area contributed by atoms with Crippen molar-refractivity contribution >= 4 is 29.1 Å². The number of hydrogen-bond acceptors (Lipinski definition) is 5. The average Bonchev–Trinajstić information content (AvgIpc) is 3.16. The molecule has 1 N–H and O–H groups in total. The van der Waals surface area contributed by atoms with E-state index >= 15 is 0 Å². The highest BCUT2D eigenvalue weighted by Crippen LogP contribution is 2.55. The van der Waals surface area contributed by atoms with E-state index in [0.717, 1.165) is 23.1 Å². The summed E-state index contributed by atoms with van der Waals surface area (Å²) in [6, 6.07) is 14.1. The molecule has 37 heavy (non-hydrogen) atoms. The lowest BCUT2D eigenvalue weighted by molar-refractivity contribution is -0.123. The summed E-state index contributed by atoms with van der Waals surface area (Å²) in [4.78, 5) is 55.3. The minimum atomic E-state index is -0.596. The smallest absolute Gasteiger partial charge is 0.238 e. The van der Waals surface area contributed by atoms with Gasteiger partial charge >= 0.3 is 0 Å². The first-order valence-corrected chi connectivity index (χ1v) is 12.8. The van der Waals surface area contributed by atoms with E-state index in [1.807, 2.05) is 37.3 Å². The Hall–Kier alpha value is -4.06. The van der Waals surface area contributed by atoms with E-state index < -0.39 is 17.8 Å². The minimum Gasteiger partial charge on any atom is -0.508 e. The summed E-state index contributed by atoms with van der Waals surface area (Å²) in [5.41, 5.74) is 4.65. The zero-order valence-corrected chi connectivity index (χ0v) is 20.7. The van der Waals surface area contributed by atoms with Crippen molar-refractivity contribution in [2.75, 3.05) is 4.90 Å². The number of Topliss-reactive ketones (excluding diaryl/α,β-unsaturated/α-hetero) is 1. The molecule has 4 aliphatic rings. The van der Waals surface area contributed by atoms with Gasteiger partial charge in [-0.3, -0.25) is 24.1 Å². The Morgan fingerprint density at radius 3 is 2.30 bits per heavy atom. The van der Waals surface area contributed by atoms with E-state index in [0.29, 0.717) is 28.8 Å². The zero-order chi connectivity index (χ0) is 26.0. The van der Waals surface area contributed by atoms with E-state index in [1.54, 1.807) is 31.2 Å². The molecule has 0 aromatic heterocycles. The van der Waals surface area contributed by atoms with Crippen LogP contribution >= 0.6 is 0 Å². The second-order valence-corrected chi connectivity index (χ2v) is 10.4. The molecule has 0 spiro atoms. The Kier molecular flexibility index (Phi) is 5.37. The van der Waals surface area contributed by atoms with Gasteiger partial charge in [0.1, 0.15) is 5.75 Å². The van der Waals surface area contributed by atoms with E-state index in [9.17, 15) is 24.3 Å². The lowest BCUT2D eigenvalue weighted by atomic mass is 9.59. The maximum atomic E-state index is 13.9. The van der Waals surface area contributed by atoms with Gasteiger partial charge in [-0.05, 0) is 73.6 Å². The molecule has 4 atom stereocenters. The Balaban J connectivity index is 1.46. The monoisotopic (exact) mass is 493 g/mol. The number of imide groups is 1. The van der Waals surface area contributed by atoms with Crippen molar-refractivity contribution in [2.24, 2.45) is 17.8 Å². The number of aromatic hydroxyl groups is 1. The van der Waals surface area contributed by atoms with Crippen LogP contribution in [0.15, 0.2) is 83.0 Å². The summed E-state index contributed by atoms with van der Waals surface area (Å²) in [6.07, 6.45) is 4.92. The normalized spacial score (nSPS) is 27.0. The first-order chi connectivity index (χ1) is 17.8. The number of nitrogens with zero attached hydrogens (tertiary/aromatic N) is 1. The summed E-state index contributed by atoms with van der Waals surface area (Å²) in [7, 11) is 0. The Morgan fingerprint density at radius 1 is 0.919 bits per heavy atom. The lowest BCUT2D eigenvalue weighted by Gasteiger charge is -2.42. The van der Waals surface area contributed by atoms with Gasteiger partial charge < -0.3 is 5.11 Å². The molecule has 1 aliphatic heterocycles. The van der Waals surface area contributed by atoms with Crippen LogP contribution < -0.4 is 4.90 Å². The predicted molar refractivity (Wildman–Crippen MR) is 138 cm³/mol. The van der Waals surface area contributed by atoms with Crippen molar-refractivity contribution in [3.05, 3.63) is 94.1 Å². The molecule has 6 heteroatoms. The number of hydrogen-bond donors (Lipinski definition) is 1. The largest absolute Gasteiger partial charge is 0.508 e. The van der Waals surface area contributed by atoms with Gasteiger partial charge in [-0.25, -0.2) is 0 Å². The summed E-state index contributed by atoms with van der Waals surface area (Å²) in [5.74, 6) is -2.69. The molecule has 1 fully saturated rings. The van der Waals surface area contributed by atoms with Crippen LogP contribution in [0.1, 0.15) is 43.7 Å². The molecule has 2 amide bonds. The first kappa shape index (κ1) is 23.3. The third kappa shape index (κ3) is 3.46. The molecule has 0 saturated carbocycles. The van der Waals surface area contributed by atoms with E-state index in [4.69, 9.17) is 0 Å². The molecule has 0 radical (unpaired) electrons. The number of phenolic OH excluding ortho intramolecular Hbond substituents is 1. The molecule has 0 bridgehead atoms. The van der Waals surface area contributed by atoms with Crippen LogP contribution in [-0.4, -0.2) is 28.5 Å². The molecule has 4 unspecified atom stereocenters. The standard InChI is InChI=1S/C31H27NO5/c1-3-17-4-8-19(9-5-17)32-30(36)22-13-12-21-23(27(22)31(32)37)15-24-28(25(34)14-16(2)29(24)35)26(21)18-6-10-20(33)11-7-18/h4-12,14,22-23,26-27,33H,3,13,15H2,1-2H3. The van der Waals surface area contributed by atoms with Gasteiger partial charge in [-0.1, -0.05) is 42.8 Å². The third-order valence-electron chi connectivity index (χ3n) is 8.39. The number of fused-ring (bicyclic) bond motifs is 3. The molecular weight excluding hydrogens is 466 g/mol. The van der Waals surface area contributed by atoms with Crippen molar-refractivity contribution in [3.63, 3.8) is 0 Å². The second kappa shape index (κ2) is 8.51. The number of phenols is 1. The van der Waals surface area contributed by atoms with Crippen LogP contribution in [0.5, 0.6) is 5.75 Å². The SMILES string of the molecule is CCc1ccc(N2C(=O)C3CC=C4C(c5ccc(O)cc5)C5=C(CC4C3C2=O)C(=O)C(C)=CC5=O)cc1. The number of carbonyl (C=O) groups is 4. The zero-order valence-electron chi connectivity index (χ0n) is 20.7. The molecule has 186 valence electrons. The molecule has 6 rings (SSSR count). The topological polar surface area (TPSA) is 91.8 Å². The number of aryl methyl sites for hydroxylation is 1. The first-order valence-electron chi connectivity index (χ1n) is 12.8. The van der Waals surface area contributed by atoms with Crippen LogP contribution in [0.2, 0.25) is 0 Å². The van der Waals surface area contributed by atoms with Gasteiger partial charge in [-0.2, -0.15) is 0 Å². The molecule has 1 saturated heterocycles. The van der Waals surface area contributed by atoms with Crippen LogP contribution in [0.4, 0.5) is 5.69 Å². The van der Waals surface area contributed by atoms with E-state index in [2.05, 4.69) is 0 Å². The molecule has 3 aliphatic carbocycles. The van der Waals surface area contributed by atoms with E-state index in [1.165, 1.54) is 11.0 Å². The van der Waals surface area contributed by atoms with Gasteiger partial charge in [0, 0.05) is 22.6 Å². The fraction of sp³-hybridized carbons (Fsp3) is 0.290. The highest BCUT2D eigenvalue weighted by atomic mass is 16.3. The van der Waals surface area contributed by atoms with Crippen LogP contribution in [0.3, 0.4) is 0 Å². The number of ketones is 2. The highest BCUT2D eigenvalue weighted by molar-refractivity contribution is 6.25. The summed E-state index contributed by atoms with van der Waals surface area (Å²) in [6.45, 7) is 3.69. The van der Waals surface area contributed by atoms with Crippen molar-refractivity contribution in [2.45, 2.75) is 39.0 Å². The maximum absolute atomic E-state index is 13.9. The van der Waals surface area contributed by atoms with Crippen molar-refractivity contribution in [1.29, 1.82) is 0 Å². The van der Waals surface area contributed by atoms with Crippen LogP contribution in [0.25, 0.3) is 0 Å². The quantitative estimate of drug-likeness (QED) is 0.384. The van der Waals surface area contributed by atoms with Gasteiger partial charge in [0.25, 0.3) is 0 Å². The fourth-order valence-corrected chi connectivity index (χ4v) is 6.56. The van der Waals surface area contributed by atoms with Crippen molar-refractivity contribution in [1.82, 2.24) is 0 Å². The average molecular weight is 494 g/mol. The highest BCUT2D eigenvalue weighted by Gasteiger charge is 2.56. The predicted octanol–water partition coefficient (Wildman–Crippen LogP) is 4.59. The number of allylic oxidation sites excluding steroid dienone is 6. The Morgan fingerprint density at radius 2 is 1.62 bits per heavy atom. The number of anilines is 1. The van der Waals surface area contributed by atoms with E-state index in [-0.39, 0.29) is 41.5 Å². The lowest BCUT2D eigenvalue weighted by Crippen LogP contribution is -2.39. The fourth-order valence-electron chi connectivity index (χ4n) is 6.56. The number of amides is 2. The van der Waals surface area contributed by atoms with Crippen LogP contribution in [-0.2, 0) is 25.6 Å². The van der Waals surface area contributed by atoms with Gasteiger partial charge in [0.2, 0.25) is 11.8 Å². The summed E-state index contributed by atoms with van der Waals surface area (Å²) in [5, 5.41) is 9.86. The van der Waals surface area contributed by atoms with Crippen molar-refractivity contribution in [3.8, 4) is 5.75 Å². The Bertz CT molecular complexity index is 1460. The van der Waals surface area contributed by atoms with Crippen LogP contribution in [0, 0.1) is 17.8 Å². The number of rotatable bonds is 3. The molecule has 6 nitrogen and oxygen atoms in total. The Labute approximate surface area is 215 Å². The number of benzene rings is 2. The second-order valence-electron chi connectivity index (χ2n) is 10.4. The van der Waals surface area contributed by atoms with Crippen molar-refractivity contribution < 1.29 is 24.3 Å². The summed E-state index contributed by atoms with van der Waals surface area (Å²) >= 11 is 0. The third-order valence-corrected chi connectivity index (χ3v) is 8.39. The van der Waals surface area contributed by atoms with Gasteiger partial charge in [-0.15, -0.1) is 0 Å². The molecule has 2 aromatic rings. The molecule has 2 aromatic carbocycles. The van der Waals surface area contributed by atoms with Gasteiger partial charge in [0.15, 0.2) is 11.6 Å².